The topological polar surface area (TPSA) is 71.4 Å². The van der Waals surface area contributed by atoms with Crippen LogP contribution in [0.15, 0.2) is 36.5 Å². The SMILES string of the molecule is Cn1nc(C(C)(C)C)c2ccc(Nc3n[nH]c4cccnc34)cc21. The Kier molecular flexibility index (Phi) is 3.09. The smallest absolute Gasteiger partial charge is 0.178 e. The van der Waals surface area contributed by atoms with Crippen molar-refractivity contribution in [2.24, 2.45) is 7.05 Å². The molecule has 0 spiro atoms. The number of aromatic nitrogens is 5. The van der Waals surface area contributed by atoms with Gasteiger partial charge in [-0.1, -0.05) is 20.8 Å². The van der Waals surface area contributed by atoms with Gasteiger partial charge in [-0.15, -0.1) is 0 Å². The lowest BCUT2D eigenvalue weighted by atomic mass is 9.90. The first-order valence-corrected chi connectivity index (χ1v) is 7.97. The van der Waals surface area contributed by atoms with Crippen molar-refractivity contribution in [1.29, 1.82) is 0 Å². The summed E-state index contributed by atoms with van der Waals surface area (Å²) in [5, 5.41) is 16.5. The van der Waals surface area contributed by atoms with Crippen LogP contribution in [0.2, 0.25) is 0 Å². The molecule has 0 saturated heterocycles. The third kappa shape index (κ3) is 2.31. The Labute approximate surface area is 139 Å². The van der Waals surface area contributed by atoms with Crippen LogP contribution in [0.4, 0.5) is 11.5 Å². The molecule has 4 aromatic rings. The molecule has 0 unspecified atom stereocenters. The van der Waals surface area contributed by atoms with Crippen molar-refractivity contribution in [3.63, 3.8) is 0 Å². The summed E-state index contributed by atoms with van der Waals surface area (Å²) in [4.78, 5) is 4.38. The summed E-state index contributed by atoms with van der Waals surface area (Å²) in [6.07, 6.45) is 1.77. The van der Waals surface area contributed by atoms with E-state index in [-0.39, 0.29) is 5.41 Å². The molecule has 3 heterocycles. The van der Waals surface area contributed by atoms with Gasteiger partial charge >= 0.3 is 0 Å². The van der Waals surface area contributed by atoms with Crippen LogP contribution in [0.5, 0.6) is 0 Å². The van der Waals surface area contributed by atoms with E-state index in [4.69, 9.17) is 5.10 Å². The molecule has 6 heteroatoms. The largest absolute Gasteiger partial charge is 0.337 e. The van der Waals surface area contributed by atoms with Crippen LogP contribution in [0.25, 0.3) is 21.9 Å². The number of benzene rings is 1. The second kappa shape index (κ2) is 5.06. The first-order valence-electron chi connectivity index (χ1n) is 7.97. The molecule has 0 radical (unpaired) electrons. The first-order chi connectivity index (χ1) is 11.4. The highest BCUT2D eigenvalue weighted by molar-refractivity contribution is 5.90. The van der Waals surface area contributed by atoms with Gasteiger partial charge in [0.05, 0.1) is 16.7 Å². The van der Waals surface area contributed by atoms with Crippen LogP contribution < -0.4 is 5.32 Å². The molecule has 0 aliphatic carbocycles. The Hall–Kier alpha value is -2.89. The lowest BCUT2D eigenvalue weighted by Crippen LogP contribution is -2.12. The van der Waals surface area contributed by atoms with Crippen LogP contribution in [0.3, 0.4) is 0 Å². The average molecular weight is 320 g/mol. The minimum absolute atomic E-state index is 0.0107. The molecule has 24 heavy (non-hydrogen) atoms. The average Bonchev–Trinajstić information content (AvgIpc) is 3.09. The van der Waals surface area contributed by atoms with Gasteiger partial charge in [0.15, 0.2) is 5.82 Å². The number of nitrogens with one attached hydrogen (secondary N) is 2. The normalized spacial score (nSPS) is 12.2. The van der Waals surface area contributed by atoms with Crippen molar-refractivity contribution < 1.29 is 0 Å². The highest BCUT2D eigenvalue weighted by Gasteiger charge is 2.21. The van der Waals surface area contributed by atoms with E-state index < -0.39 is 0 Å². The third-order valence-corrected chi connectivity index (χ3v) is 4.14. The van der Waals surface area contributed by atoms with E-state index in [0.717, 1.165) is 33.7 Å². The molecule has 0 fully saturated rings. The van der Waals surface area contributed by atoms with E-state index in [9.17, 15) is 0 Å². The monoisotopic (exact) mass is 320 g/mol. The molecule has 4 rings (SSSR count). The molecule has 0 aliphatic heterocycles. The summed E-state index contributed by atoms with van der Waals surface area (Å²) in [5.74, 6) is 0.725. The minimum Gasteiger partial charge on any atom is -0.337 e. The summed E-state index contributed by atoms with van der Waals surface area (Å²) in [7, 11) is 1.98. The number of hydrogen-bond donors (Lipinski definition) is 2. The molecule has 0 atom stereocenters. The second-order valence-electron chi connectivity index (χ2n) is 7.05. The van der Waals surface area contributed by atoms with E-state index in [2.05, 4.69) is 59.5 Å². The number of aromatic amines is 1. The van der Waals surface area contributed by atoms with E-state index in [1.54, 1.807) is 6.20 Å². The number of aryl methyl sites for hydroxylation is 1. The van der Waals surface area contributed by atoms with E-state index in [1.807, 2.05) is 23.9 Å². The number of fused-ring (bicyclic) bond motifs is 2. The van der Waals surface area contributed by atoms with Crippen molar-refractivity contribution in [2.45, 2.75) is 26.2 Å². The molecular formula is C18H20N6. The van der Waals surface area contributed by atoms with Gasteiger partial charge in [-0.05, 0) is 30.3 Å². The first kappa shape index (κ1) is 14.7. The zero-order chi connectivity index (χ0) is 16.9. The molecule has 122 valence electrons. The van der Waals surface area contributed by atoms with E-state index >= 15 is 0 Å². The summed E-state index contributed by atoms with van der Waals surface area (Å²) < 4.78 is 1.93. The Bertz CT molecular complexity index is 1030. The molecule has 0 aliphatic rings. The van der Waals surface area contributed by atoms with Gasteiger partial charge in [-0.25, -0.2) is 0 Å². The lowest BCUT2D eigenvalue weighted by Gasteiger charge is -2.15. The fourth-order valence-electron chi connectivity index (χ4n) is 2.97. The molecule has 0 saturated carbocycles. The van der Waals surface area contributed by atoms with E-state index in [0.29, 0.717) is 0 Å². The zero-order valence-corrected chi connectivity index (χ0v) is 14.3. The molecule has 6 nitrogen and oxygen atoms in total. The Morgan fingerprint density at radius 1 is 1.17 bits per heavy atom. The van der Waals surface area contributed by atoms with Gasteiger partial charge in [-0.2, -0.15) is 10.2 Å². The minimum atomic E-state index is 0.0107. The number of H-pyrrole nitrogens is 1. The van der Waals surface area contributed by atoms with Gasteiger partial charge < -0.3 is 5.32 Å². The quantitative estimate of drug-likeness (QED) is 0.588. The molecule has 1 aromatic carbocycles. The van der Waals surface area contributed by atoms with E-state index in [1.165, 1.54) is 5.39 Å². The van der Waals surface area contributed by atoms with Crippen molar-refractivity contribution in [3.05, 3.63) is 42.2 Å². The van der Waals surface area contributed by atoms with Gasteiger partial charge in [0.2, 0.25) is 0 Å². The summed E-state index contributed by atoms with van der Waals surface area (Å²) in [6, 6.07) is 10.1. The fourth-order valence-corrected chi connectivity index (χ4v) is 2.97. The maximum absolute atomic E-state index is 4.70. The number of rotatable bonds is 2. The Morgan fingerprint density at radius 3 is 2.79 bits per heavy atom. The van der Waals surface area contributed by atoms with Gasteiger partial charge in [-0.3, -0.25) is 14.8 Å². The van der Waals surface area contributed by atoms with Crippen LogP contribution in [-0.2, 0) is 12.5 Å². The predicted octanol–water partition coefficient (Wildman–Crippen LogP) is 3.89. The second-order valence-corrected chi connectivity index (χ2v) is 7.05. The highest BCUT2D eigenvalue weighted by Crippen LogP contribution is 2.31. The third-order valence-electron chi connectivity index (χ3n) is 4.14. The summed E-state index contributed by atoms with van der Waals surface area (Å²) >= 11 is 0. The highest BCUT2D eigenvalue weighted by atomic mass is 15.3. The van der Waals surface area contributed by atoms with Gasteiger partial charge in [0.1, 0.15) is 5.52 Å². The van der Waals surface area contributed by atoms with Crippen LogP contribution >= 0.6 is 0 Å². The number of anilines is 2. The summed E-state index contributed by atoms with van der Waals surface area (Å²) in [6.45, 7) is 6.55. The number of nitrogens with zero attached hydrogens (tertiary/aromatic N) is 4. The van der Waals surface area contributed by atoms with Crippen molar-refractivity contribution in [1.82, 2.24) is 25.0 Å². The molecule has 3 aromatic heterocycles. The maximum Gasteiger partial charge on any atom is 0.178 e. The molecule has 2 N–H and O–H groups in total. The fraction of sp³-hybridized carbons (Fsp3) is 0.278. The van der Waals surface area contributed by atoms with Crippen LogP contribution in [0, 0.1) is 0 Å². The number of pyridine rings is 1. The number of hydrogen-bond acceptors (Lipinski definition) is 4. The van der Waals surface area contributed by atoms with Crippen LogP contribution in [0.1, 0.15) is 26.5 Å². The summed E-state index contributed by atoms with van der Waals surface area (Å²) in [5.41, 5.74) is 4.92. The Morgan fingerprint density at radius 2 is 2.00 bits per heavy atom. The van der Waals surface area contributed by atoms with Crippen LogP contribution in [-0.4, -0.2) is 25.0 Å². The van der Waals surface area contributed by atoms with Crippen molar-refractivity contribution in [2.75, 3.05) is 5.32 Å². The van der Waals surface area contributed by atoms with Crippen molar-refractivity contribution in [3.8, 4) is 0 Å². The van der Waals surface area contributed by atoms with Gasteiger partial charge in [0.25, 0.3) is 0 Å². The standard InChI is InChI=1S/C18H20N6/c1-18(2,3)16-12-8-7-11(10-14(12)24(4)23-16)20-17-15-13(21-22-17)6-5-9-19-15/h5-10H,1-4H3,(H2,20,21,22). The van der Waals surface area contributed by atoms with Crippen molar-refractivity contribution >= 4 is 33.4 Å². The lowest BCUT2D eigenvalue weighted by molar-refractivity contribution is 0.558. The predicted molar refractivity (Wildman–Crippen MR) is 96.6 cm³/mol. The molecule has 0 amide bonds. The Balaban J connectivity index is 1.77. The van der Waals surface area contributed by atoms with Gasteiger partial charge in [0, 0.05) is 29.7 Å². The zero-order valence-electron chi connectivity index (χ0n) is 14.3. The molecular weight excluding hydrogens is 300 g/mol. The maximum atomic E-state index is 4.70. The molecule has 0 bridgehead atoms.